The van der Waals surface area contributed by atoms with Gasteiger partial charge in [0.05, 0.1) is 17.5 Å². The summed E-state index contributed by atoms with van der Waals surface area (Å²) in [6.45, 7) is 5.96. The monoisotopic (exact) mass is 353 g/mol. The van der Waals surface area contributed by atoms with Crippen molar-refractivity contribution in [2.24, 2.45) is 11.8 Å². The normalized spacial score (nSPS) is 19.7. The summed E-state index contributed by atoms with van der Waals surface area (Å²) < 4.78 is 1.75. The smallest absolute Gasteiger partial charge is 0.257 e. The van der Waals surface area contributed by atoms with E-state index in [9.17, 15) is 4.79 Å². The van der Waals surface area contributed by atoms with E-state index in [0.29, 0.717) is 5.56 Å². The first-order valence-corrected chi connectivity index (χ1v) is 9.70. The molecule has 0 bridgehead atoms. The minimum atomic E-state index is 0.105. The van der Waals surface area contributed by atoms with Crippen LogP contribution in [0.1, 0.15) is 41.7 Å². The Morgan fingerprint density at radius 2 is 1.85 bits per heavy atom. The fraction of sp³-hybridized carbons (Fsp3) is 0.550. The second kappa shape index (κ2) is 7.58. The molecule has 2 saturated heterocycles. The van der Waals surface area contributed by atoms with E-state index in [1.807, 2.05) is 30.0 Å². The van der Waals surface area contributed by atoms with Crippen LogP contribution in [0.5, 0.6) is 0 Å². The van der Waals surface area contributed by atoms with Crippen LogP contribution in [0.3, 0.4) is 0 Å². The van der Waals surface area contributed by atoms with Gasteiger partial charge in [0.2, 0.25) is 0 Å². The van der Waals surface area contributed by atoms with Crippen LogP contribution in [-0.4, -0.2) is 51.8 Å². The molecule has 2 aliphatic heterocycles. The Morgan fingerprint density at radius 3 is 2.54 bits per heavy atom. The highest BCUT2D eigenvalue weighted by atomic mass is 16.2. The molecule has 0 aromatic carbocycles. The number of piperidine rings is 2. The molecule has 2 aliphatic rings. The molecule has 2 aromatic heterocycles. The molecule has 138 valence electrons. The first-order chi connectivity index (χ1) is 12.7. The molecule has 0 atom stereocenters. The van der Waals surface area contributed by atoms with Gasteiger partial charge in [-0.1, -0.05) is 6.07 Å². The van der Waals surface area contributed by atoms with Crippen molar-refractivity contribution in [3.05, 3.63) is 41.9 Å². The lowest BCUT2D eigenvalue weighted by Crippen LogP contribution is -2.42. The average molecular weight is 353 g/mol. The molecule has 0 aliphatic carbocycles. The molecule has 1 N–H and O–H groups in total. The van der Waals surface area contributed by atoms with Gasteiger partial charge in [0, 0.05) is 19.3 Å². The third-order valence-corrected chi connectivity index (χ3v) is 5.98. The Kier molecular flexibility index (Phi) is 5.02. The lowest BCUT2D eigenvalue weighted by atomic mass is 9.79. The zero-order valence-electron chi connectivity index (χ0n) is 15.4. The summed E-state index contributed by atoms with van der Waals surface area (Å²) >= 11 is 0. The molecule has 1 amide bonds. The second-order valence-electron chi connectivity index (χ2n) is 7.46. The molecule has 26 heavy (non-hydrogen) atoms. The van der Waals surface area contributed by atoms with E-state index in [1.165, 1.54) is 12.8 Å². The molecule has 2 fully saturated rings. The van der Waals surface area contributed by atoms with Crippen molar-refractivity contribution in [1.82, 2.24) is 25.0 Å². The summed E-state index contributed by atoms with van der Waals surface area (Å²) in [5.74, 6) is 2.46. The summed E-state index contributed by atoms with van der Waals surface area (Å²) in [6.07, 6.45) is 8.26. The van der Waals surface area contributed by atoms with Gasteiger partial charge in [0.1, 0.15) is 0 Å². The molecule has 6 nitrogen and oxygen atoms in total. The maximum Gasteiger partial charge on any atom is 0.257 e. The zero-order chi connectivity index (χ0) is 17.9. The average Bonchev–Trinajstić information content (AvgIpc) is 3.10. The van der Waals surface area contributed by atoms with E-state index in [1.54, 1.807) is 17.1 Å². The highest BCUT2D eigenvalue weighted by Gasteiger charge is 2.30. The predicted octanol–water partition coefficient (Wildman–Crippen LogP) is 2.43. The van der Waals surface area contributed by atoms with Gasteiger partial charge in [0.15, 0.2) is 5.82 Å². The first kappa shape index (κ1) is 17.2. The highest BCUT2D eigenvalue weighted by molar-refractivity contribution is 5.95. The number of hydrogen-bond acceptors (Lipinski definition) is 4. The second-order valence-corrected chi connectivity index (χ2v) is 7.46. The van der Waals surface area contributed by atoms with Crippen molar-refractivity contribution >= 4 is 5.91 Å². The van der Waals surface area contributed by atoms with Gasteiger partial charge in [-0.05, 0) is 69.7 Å². The number of aromatic nitrogens is 3. The highest BCUT2D eigenvalue weighted by Crippen LogP contribution is 2.31. The molecule has 4 rings (SSSR count). The van der Waals surface area contributed by atoms with Crippen molar-refractivity contribution < 1.29 is 4.79 Å². The maximum atomic E-state index is 13.0. The molecule has 0 unspecified atom stereocenters. The van der Waals surface area contributed by atoms with E-state index in [0.717, 1.165) is 62.4 Å². The third-order valence-electron chi connectivity index (χ3n) is 5.98. The van der Waals surface area contributed by atoms with E-state index in [4.69, 9.17) is 0 Å². The Labute approximate surface area is 154 Å². The lowest BCUT2D eigenvalue weighted by Gasteiger charge is -2.37. The van der Waals surface area contributed by atoms with E-state index >= 15 is 0 Å². The van der Waals surface area contributed by atoms with Crippen LogP contribution in [0.2, 0.25) is 0 Å². The van der Waals surface area contributed by atoms with Crippen molar-refractivity contribution in [2.75, 3.05) is 26.2 Å². The number of likely N-dealkylation sites (tertiary alicyclic amines) is 1. The van der Waals surface area contributed by atoms with Crippen LogP contribution in [0.25, 0.3) is 5.82 Å². The van der Waals surface area contributed by atoms with Gasteiger partial charge < -0.3 is 10.2 Å². The largest absolute Gasteiger partial charge is 0.339 e. The number of rotatable bonds is 3. The van der Waals surface area contributed by atoms with Gasteiger partial charge in [-0.3, -0.25) is 4.79 Å². The first-order valence-electron chi connectivity index (χ1n) is 9.70. The third kappa shape index (κ3) is 3.38. The van der Waals surface area contributed by atoms with E-state index in [-0.39, 0.29) is 5.91 Å². The minimum absolute atomic E-state index is 0.105. The molecular formula is C20H27N5O. The number of carbonyl (C=O) groups is 1. The summed E-state index contributed by atoms with van der Waals surface area (Å²) in [7, 11) is 0. The number of nitrogens with zero attached hydrogens (tertiary/aromatic N) is 4. The predicted molar refractivity (Wildman–Crippen MR) is 100 cm³/mol. The maximum absolute atomic E-state index is 13.0. The SMILES string of the molecule is Cc1c(C(=O)N2CCC(C3CCNCC3)CC2)cnn1-c1ccccn1. The molecule has 4 heterocycles. The molecule has 0 spiro atoms. The number of nitrogens with one attached hydrogen (secondary N) is 1. The van der Waals surface area contributed by atoms with Crippen LogP contribution in [-0.2, 0) is 0 Å². The fourth-order valence-corrected chi connectivity index (χ4v) is 4.39. The number of pyridine rings is 1. The number of amides is 1. The van der Waals surface area contributed by atoms with Crippen LogP contribution in [0, 0.1) is 18.8 Å². The lowest BCUT2D eigenvalue weighted by molar-refractivity contribution is 0.0641. The van der Waals surface area contributed by atoms with Gasteiger partial charge in [-0.15, -0.1) is 0 Å². The van der Waals surface area contributed by atoms with E-state index in [2.05, 4.69) is 15.4 Å². The van der Waals surface area contributed by atoms with Crippen LogP contribution in [0.4, 0.5) is 0 Å². The van der Waals surface area contributed by atoms with Crippen LogP contribution >= 0.6 is 0 Å². The van der Waals surface area contributed by atoms with Crippen molar-refractivity contribution in [3.63, 3.8) is 0 Å². The summed E-state index contributed by atoms with van der Waals surface area (Å²) in [6, 6.07) is 5.70. The summed E-state index contributed by atoms with van der Waals surface area (Å²) in [4.78, 5) is 19.3. The Balaban J connectivity index is 1.42. The van der Waals surface area contributed by atoms with Gasteiger partial charge in [-0.2, -0.15) is 5.10 Å². The Morgan fingerprint density at radius 1 is 1.12 bits per heavy atom. The van der Waals surface area contributed by atoms with Gasteiger partial charge in [0.25, 0.3) is 5.91 Å². The van der Waals surface area contributed by atoms with Gasteiger partial charge >= 0.3 is 0 Å². The topological polar surface area (TPSA) is 63.1 Å². The zero-order valence-corrected chi connectivity index (χ0v) is 15.4. The Bertz CT molecular complexity index is 743. The number of carbonyl (C=O) groups excluding carboxylic acids is 1. The van der Waals surface area contributed by atoms with Crippen molar-refractivity contribution in [2.45, 2.75) is 32.6 Å². The van der Waals surface area contributed by atoms with Crippen molar-refractivity contribution in [1.29, 1.82) is 0 Å². The minimum Gasteiger partial charge on any atom is -0.339 e. The van der Waals surface area contributed by atoms with E-state index < -0.39 is 0 Å². The van der Waals surface area contributed by atoms with Crippen LogP contribution < -0.4 is 5.32 Å². The summed E-state index contributed by atoms with van der Waals surface area (Å²) in [5, 5.41) is 7.84. The molecule has 0 saturated carbocycles. The molecule has 6 heteroatoms. The van der Waals surface area contributed by atoms with Gasteiger partial charge in [-0.25, -0.2) is 9.67 Å². The number of hydrogen-bond donors (Lipinski definition) is 1. The Hall–Kier alpha value is -2.21. The fourth-order valence-electron chi connectivity index (χ4n) is 4.39. The molecular weight excluding hydrogens is 326 g/mol. The summed E-state index contributed by atoms with van der Waals surface area (Å²) in [5.41, 5.74) is 1.55. The van der Waals surface area contributed by atoms with Crippen LogP contribution in [0.15, 0.2) is 30.6 Å². The molecule has 2 aromatic rings. The molecule has 0 radical (unpaired) electrons. The quantitative estimate of drug-likeness (QED) is 0.920. The van der Waals surface area contributed by atoms with Crippen molar-refractivity contribution in [3.8, 4) is 5.82 Å². The standard InChI is InChI=1S/C20H27N5O/c1-15-18(14-23-25(15)19-4-2-3-9-22-19)20(26)24-12-7-17(8-13-24)16-5-10-21-11-6-16/h2-4,9,14,16-17,21H,5-8,10-13H2,1H3.